The Morgan fingerprint density at radius 1 is 1.50 bits per heavy atom. The van der Waals surface area contributed by atoms with Gasteiger partial charge >= 0.3 is 0 Å². The van der Waals surface area contributed by atoms with Crippen molar-refractivity contribution in [3.8, 4) is 0 Å². The van der Waals surface area contributed by atoms with Gasteiger partial charge in [0.25, 0.3) is 0 Å². The number of aryl methyl sites for hydroxylation is 2. The van der Waals surface area contributed by atoms with Crippen LogP contribution in [0.1, 0.15) is 25.1 Å². The van der Waals surface area contributed by atoms with Crippen molar-refractivity contribution in [2.45, 2.75) is 33.9 Å². The Hall–Kier alpha value is -0.830. The van der Waals surface area contributed by atoms with E-state index in [-0.39, 0.29) is 0 Å². The van der Waals surface area contributed by atoms with Gasteiger partial charge in [-0.3, -0.25) is 4.68 Å². The van der Waals surface area contributed by atoms with Gasteiger partial charge in [0.2, 0.25) is 0 Å². The predicted molar refractivity (Wildman–Crippen MR) is 48.0 cm³/mol. The van der Waals surface area contributed by atoms with Gasteiger partial charge in [-0.15, -0.1) is 0 Å². The van der Waals surface area contributed by atoms with Gasteiger partial charge in [-0.2, -0.15) is 5.10 Å². The molecule has 0 saturated carbocycles. The van der Waals surface area contributed by atoms with Crippen molar-refractivity contribution in [3.05, 3.63) is 17.5 Å². The van der Waals surface area contributed by atoms with Crippen molar-refractivity contribution >= 4 is 0 Å². The Balaban J connectivity index is 2.64. The second-order valence-electron chi connectivity index (χ2n) is 2.73. The zero-order chi connectivity index (χ0) is 8.97. The lowest BCUT2D eigenvalue weighted by atomic mass is 10.3. The summed E-state index contributed by atoms with van der Waals surface area (Å²) in [6.07, 6.45) is 2.05. The molecule has 3 heteroatoms. The highest BCUT2D eigenvalue weighted by Crippen LogP contribution is 2.06. The number of hydrogen-bond acceptors (Lipinski definition) is 2. The van der Waals surface area contributed by atoms with E-state index in [0.717, 1.165) is 18.8 Å². The van der Waals surface area contributed by atoms with Gasteiger partial charge in [-0.05, 0) is 20.8 Å². The summed E-state index contributed by atoms with van der Waals surface area (Å²) in [5.41, 5.74) is 2.27. The minimum atomic E-state index is 0.683. The van der Waals surface area contributed by atoms with Crippen LogP contribution in [0.15, 0.2) is 6.20 Å². The molecule has 0 N–H and O–H groups in total. The van der Waals surface area contributed by atoms with Crippen molar-refractivity contribution in [2.24, 2.45) is 0 Å². The van der Waals surface area contributed by atoms with E-state index in [4.69, 9.17) is 4.74 Å². The summed E-state index contributed by atoms with van der Waals surface area (Å²) in [7, 11) is 0. The third kappa shape index (κ3) is 2.08. The van der Waals surface area contributed by atoms with Gasteiger partial charge in [0.05, 0.1) is 12.3 Å². The van der Waals surface area contributed by atoms with E-state index >= 15 is 0 Å². The van der Waals surface area contributed by atoms with E-state index in [1.807, 2.05) is 24.7 Å². The highest BCUT2D eigenvalue weighted by atomic mass is 16.5. The molecule has 0 saturated heterocycles. The quantitative estimate of drug-likeness (QED) is 0.684. The summed E-state index contributed by atoms with van der Waals surface area (Å²) < 4.78 is 7.24. The van der Waals surface area contributed by atoms with Crippen LogP contribution in [0.2, 0.25) is 0 Å². The molecule has 0 aliphatic heterocycles. The van der Waals surface area contributed by atoms with Crippen molar-refractivity contribution in [2.75, 3.05) is 6.61 Å². The monoisotopic (exact) mass is 168 g/mol. The van der Waals surface area contributed by atoms with Crippen LogP contribution in [0.4, 0.5) is 0 Å². The molecule has 1 rings (SSSR count). The second kappa shape index (κ2) is 4.26. The molecule has 0 amide bonds. The minimum absolute atomic E-state index is 0.683. The second-order valence-corrected chi connectivity index (χ2v) is 2.73. The molecule has 0 aromatic carbocycles. The summed E-state index contributed by atoms with van der Waals surface area (Å²) in [6, 6.07) is 0. The molecule has 1 aromatic rings. The van der Waals surface area contributed by atoms with Crippen molar-refractivity contribution < 1.29 is 4.74 Å². The van der Waals surface area contributed by atoms with Gasteiger partial charge in [-0.1, -0.05) is 0 Å². The maximum atomic E-state index is 5.30. The predicted octanol–water partition coefficient (Wildman–Crippen LogP) is 1.75. The fraction of sp³-hybridized carbons (Fsp3) is 0.667. The van der Waals surface area contributed by atoms with E-state index in [1.54, 1.807) is 0 Å². The average molecular weight is 168 g/mol. The van der Waals surface area contributed by atoms with E-state index in [1.165, 1.54) is 5.56 Å². The highest BCUT2D eigenvalue weighted by molar-refractivity contribution is 5.13. The molecular weight excluding hydrogens is 152 g/mol. The maximum absolute atomic E-state index is 5.30. The molecule has 0 unspecified atom stereocenters. The Morgan fingerprint density at radius 3 is 2.75 bits per heavy atom. The molecule has 68 valence electrons. The molecule has 0 radical (unpaired) electrons. The van der Waals surface area contributed by atoms with Crippen LogP contribution >= 0.6 is 0 Å². The lowest BCUT2D eigenvalue weighted by Crippen LogP contribution is -1.93. The molecule has 1 aromatic heterocycles. The molecule has 0 fully saturated rings. The summed E-state index contributed by atoms with van der Waals surface area (Å²) in [5, 5.41) is 4.32. The van der Waals surface area contributed by atoms with Crippen LogP contribution in [0.5, 0.6) is 0 Å². The molecule has 3 nitrogen and oxygen atoms in total. The van der Waals surface area contributed by atoms with E-state index in [9.17, 15) is 0 Å². The zero-order valence-corrected chi connectivity index (χ0v) is 8.00. The van der Waals surface area contributed by atoms with E-state index < -0.39 is 0 Å². The topological polar surface area (TPSA) is 27.1 Å². The highest BCUT2D eigenvalue weighted by Gasteiger charge is 2.02. The smallest absolute Gasteiger partial charge is 0.0750 e. The molecule has 1 heterocycles. The fourth-order valence-electron chi connectivity index (χ4n) is 1.07. The van der Waals surface area contributed by atoms with Crippen LogP contribution in [0.25, 0.3) is 0 Å². The average Bonchev–Trinajstić information content (AvgIpc) is 2.43. The fourth-order valence-corrected chi connectivity index (χ4v) is 1.07. The Bertz CT molecular complexity index is 243. The van der Waals surface area contributed by atoms with Crippen LogP contribution < -0.4 is 0 Å². The SMILES string of the molecule is CCOCc1cn(CC)nc1C. The summed E-state index contributed by atoms with van der Waals surface area (Å²) >= 11 is 0. The van der Waals surface area contributed by atoms with Crippen molar-refractivity contribution in [1.29, 1.82) is 0 Å². The Labute approximate surface area is 73.3 Å². The van der Waals surface area contributed by atoms with Crippen LogP contribution in [-0.2, 0) is 17.9 Å². The lowest BCUT2D eigenvalue weighted by molar-refractivity contribution is 0.133. The first-order valence-corrected chi connectivity index (χ1v) is 4.38. The zero-order valence-electron chi connectivity index (χ0n) is 8.00. The van der Waals surface area contributed by atoms with Gasteiger partial charge in [0.1, 0.15) is 0 Å². The number of aromatic nitrogens is 2. The van der Waals surface area contributed by atoms with Gasteiger partial charge in [-0.25, -0.2) is 0 Å². The van der Waals surface area contributed by atoms with E-state index in [0.29, 0.717) is 6.61 Å². The molecule has 0 spiro atoms. The standard InChI is InChI=1S/C9H16N2O/c1-4-11-6-9(7-12-5-2)8(3)10-11/h6H,4-5,7H2,1-3H3. The maximum Gasteiger partial charge on any atom is 0.0750 e. The van der Waals surface area contributed by atoms with Gasteiger partial charge in [0.15, 0.2) is 0 Å². The first-order chi connectivity index (χ1) is 5.77. The lowest BCUT2D eigenvalue weighted by Gasteiger charge is -1.97. The molecule has 0 bridgehead atoms. The van der Waals surface area contributed by atoms with Crippen LogP contribution in [0, 0.1) is 6.92 Å². The largest absolute Gasteiger partial charge is 0.377 e. The van der Waals surface area contributed by atoms with E-state index in [2.05, 4.69) is 12.0 Å². The van der Waals surface area contributed by atoms with Crippen molar-refractivity contribution in [1.82, 2.24) is 9.78 Å². The number of nitrogens with zero attached hydrogens (tertiary/aromatic N) is 2. The summed E-state index contributed by atoms with van der Waals surface area (Å²) in [6.45, 7) is 8.46. The normalized spacial score (nSPS) is 10.6. The first kappa shape index (κ1) is 9.26. The Morgan fingerprint density at radius 2 is 2.25 bits per heavy atom. The number of rotatable bonds is 4. The molecule has 0 aliphatic carbocycles. The summed E-state index contributed by atoms with van der Waals surface area (Å²) in [4.78, 5) is 0. The minimum Gasteiger partial charge on any atom is -0.377 e. The molecule has 0 aliphatic rings. The molecular formula is C9H16N2O. The van der Waals surface area contributed by atoms with Crippen LogP contribution in [0.3, 0.4) is 0 Å². The van der Waals surface area contributed by atoms with Gasteiger partial charge in [0, 0.05) is 24.9 Å². The van der Waals surface area contributed by atoms with Gasteiger partial charge < -0.3 is 4.74 Å². The third-order valence-corrected chi connectivity index (χ3v) is 1.83. The van der Waals surface area contributed by atoms with Crippen molar-refractivity contribution in [3.63, 3.8) is 0 Å². The third-order valence-electron chi connectivity index (χ3n) is 1.83. The molecule has 0 atom stereocenters. The first-order valence-electron chi connectivity index (χ1n) is 4.38. The summed E-state index contributed by atoms with van der Waals surface area (Å²) in [5.74, 6) is 0. The number of ether oxygens (including phenoxy) is 1. The Kier molecular flexibility index (Phi) is 3.29. The van der Waals surface area contributed by atoms with Crippen LogP contribution in [-0.4, -0.2) is 16.4 Å². The number of hydrogen-bond donors (Lipinski definition) is 0. The molecule has 12 heavy (non-hydrogen) atoms.